The van der Waals surface area contributed by atoms with E-state index in [-0.39, 0.29) is 0 Å². The third-order valence-corrected chi connectivity index (χ3v) is 8.98. The highest BCUT2D eigenvalue weighted by atomic mass is 33.1. The minimum Gasteiger partial charge on any atom is -0.497 e. The molecule has 1 unspecified atom stereocenters. The second-order valence-corrected chi connectivity index (χ2v) is 10.1. The summed E-state index contributed by atoms with van der Waals surface area (Å²) >= 11 is 0. The Morgan fingerprint density at radius 1 is 1.04 bits per heavy atom. The van der Waals surface area contributed by atoms with E-state index in [9.17, 15) is 8.42 Å². The lowest BCUT2D eigenvalue weighted by Gasteiger charge is -2.17. The lowest BCUT2D eigenvalue weighted by molar-refractivity contribution is 0.414. The molecule has 2 aromatic rings. The normalized spacial score (nSPS) is 12.8. The van der Waals surface area contributed by atoms with Gasteiger partial charge in [0, 0.05) is 5.75 Å². The molecule has 0 saturated carbocycles. The number of benzene rings is 2. The number of sulfone groups is 1. The van der Waals surface area contributed by atoms with Crippen molar-refractivity contribution in [1.29, 1.82) is 0 Å². The van der Waals surface area contributed by atoms with Crippen LogP contribution in [-0.2, 0) is 9.84 Å². The van der Waals surface area contributed by atoms with Crippen molar-refractivity contribution >= 4 is 31.4 Å². The van der Waals surface area contributed by atoms with Crippen molar-refractivity contribution in [2.45, 2.75) is 23.3 Å². The summed E-state index contributed by atoms with van der Waals surface area (Å²) in [6.07, 6.45) is 0. The quantitative estimate of drug-likeness (QED) is 0.652. The Kier molecular flexibility index (Phi) is 6.44. The number of hydrogen-bond donors (Lipinski definition) is 0. The topological polar surface area (TPSA) is 43.4 Å². The lowest BCUT2D eigenvalue weighted by Crippen LogP contribution is -2.10. The van der Waals surface area contributed by atoms with E-state index in [1.54, 1.807) is 42.2 Å². The molecule has 0 bridgehead atoms. The van der Waals surface area contributed by atoms with Gasteiger partial charge in [0.25, 0.3) is 0 Å². The van der Waals surface area contributed by atoms with Gasteiger partial charge in [0.05, 0.1) is 12.0 Å². The molecule has 0 spiro atoms. The van der Waals surface area contributed by atoms with Crippen LogP contribution in [-0.4, -0.2) is 21.3 Å². The van der Waals surface area contributed by atoms with Crippen LogP contribution in [0.3, 0.4) is 0 Å². The van der Waals surface area contributed by atoms with Gasteiger partial charge in [-0.05, 0) is 36.8 Å². The summed E-state index contributed by atoms with van der Waals surface area (Å²) in [6, 6.07) is 14.2. The largest absolute Gasteiger partial charge is 0.497 e. The molecule has 2 aromatic carbocycles. The van der Waals surface area contributed by atoms with Gasteiger partial charge in [0.1, 0.15) is 10.3 Å². The molecule has 0 N–H and O–H groups in total. The molecule has 3 nitrogen and oxygen atoms in total. The molecule has 2 rings (SSSR count). The Morgan fingerprint density at radius 2 is 1.65 bits per heavy atom. The summed E-state index contributed by atoms with van der Waals surface area (Å²) in [6.45, 7) is 3.96. The maximum atomic E-state index is 13.0. The highest BCUT2D eigenvalue weighted by Gasteiger charge is 2.30. The SMILES string of the molecule is CCSSC(c1ccc(OC)cc1)S(=O)(=O)c1ccc(C)cc1. The van der Waals surface area contributed by atoms with Crippen molar-refractivity contribution in [3.63, 3.8) is 0 Å². The van der Waals surface area contributed by atoms with Crippen LogP contribution in [0.25, 0.3) is 0 Å². The molecule has 0 aliphatic carbocycles. The third-order valence-electron chi connectivity index (χ3n) is 3.29. The van der Waals surface area contributed by atoms with Crippen LogP contribution in [0.5, 0.6) is 5.75 Å². The Hall–Kier alpha value is -1.11. The molecule has 0 fully saturated rings. The number of ether oxygens (including phenoxy) is 1. The van der Waals surface area contributed by atoms with Gasteiger partial charge in [0.15, 0.2) is 9.84 Å². The van der Waals surface area contributed by atoms with E-state index >= 15 is 0 Å². The van der Waals surface area contributed by atoms with Crippen LogP contribution in [0.2, 0.25) is 0 Å². The number of hydrogen-bond acceptors (Lipinski definition) is 5. The number of methoxy groups -OCH3 is 1. The fraction of sp³-hybridized carbons (Fsp3) is 0.294. The average Bonchev–Trinajstić information content (AvgIpc) is 2.56. The molecular weight excluding hydrogens is 348 g/mol. The maximum absolute atomic E-state index is 13.0. The molecule has 0 aromatic heterocycles. The molecule has 0 amide bonds. The lowest BCUT2D eigenvalue weighted by atomic mass is 10.2. The molecule has 6 heteroatoms. The van der Waals surface area contributed by atoms with Gasteiger partial charge in [-0.25, -0.2) is 8.42 Å². The second-order valence-electron chi connectivity index (χ2n) is 4.97. The fourth-order valence-corrected chi connectivity index (χ4v) is 7.13. The first-order valence-electron chi connectivity index (χ1n) is 7.22. The Morgan fingerprint density at radius 3 is 2.17 bits per heavy atom. The van der Waals surface area contributed by atoms with E-state index in [0.717, 1.165) is 16.9 Å². The van der Waals surface area contributed by atoms with Gasteiger partial charge in [-0.1, -0.05) is 58.3 Å². The first kappa shape index (κ1) is 18.2. The van der Waals surface area contributed by atoms with E-state index in [0.29, 0.717) is 10.6 Å². The van der Waals surface area contributed by atoms with Crippen molar-refractivity contribution < 1.29 is 13.2 Å². The van der Waals surface area contributed by atoms with Gasteiger partial charge < -0.3 is 4.74 Å². The molecule has 0 aliphatic rings. The molecule has 23 heavy (non-hydrogen) atoms. The van der Waals surface area contributed by atoms with Crippen molar-refractivity contribution in [2.75, 3.05) is 12.9 Å². The maximum Gasteiger partial charge on any atom is 0.195 e. The van der Waals surface area contributed by atoms with Crippen LogP contribution >= 0.6 is 21.6 Å². The van der Waals surface area contributed by atoms with Gasteiger partial charge in [0.2, 0.25) is 0 Å². The zero-order chi connectivity index (χ0) is 16.9. The van der Waals surface area contributed by atoms with E-state index in [1.165, 1.54) is 10.8 Å². The minimum atomic E-state index is -3.46. The number of rotatable bonds is 7. The van der Waals surface area contributed by atoms with Gasteiger partial charge >= 0.3 is 0 Å². The zero-order valence-electron chi connectivity index (χ0n) is 13.4. The zero-order valence-corrected chi connectivity index (χ0v) is 15.8. The van der Waals surface area contributed by atoms with Crippen LogP contribution in [0.15, 0.2) is 53.4 Å². The second kappa shape index (κ2) is 8.13. The molecule has 0 saturated heterocycles. The first-order valence-corrected chi connectivity index (χ1v) is 11.1. The molecule has 0 radical (unpaired) electrons. The van der Waals surface area contributed by atoms with Crippen molar-refractivity contribution in [3.05, 3.63) is 59.7 Å². The van der Waals surface area contributed by atoms with Gasteiger partial charge in [-0.3, -0.25) is 0 Å². The van der Waals surface area contributed by atoms with Crippen LogP contribution in [0, 0.1) is 6.92 Å². The summed E-state index contributed by atoms with van der Waals surface area (Å²) in [4.78, 5) is 0.355. The summed E-state index contributed by atoms with van der Waals surface area (Å²) in [5.41, 5.74) is 1.80. The standard InChI is InChI=1S/C17H20O3S3/c1-4-21-22-17(14-7-9-15(20-3)10-8-14)23(18,19)16-11-5-13(2)6-12-16/h5-12,17H,4H2,1-3H3. The smallest absolute Gasteiger partial charge is 0.195 e. The molecule has 0 heterocycles. The van der Waals surface area contributed by atoms with Crippen molar-refractivity contribution in [1.82, 2.24) is 0 Å². The highest BCUT2D eigenvalue weighted by Crippen LogP contribution is 2.44. The average molecular weight is 369 g/mol. The van der Waals surface area contributed by atoms with E-state index in [1.807, 2.05) is 38.1 Å². The minimum absolute atomic E-state index is 0.355. The van der Waals surface area contributed by atoms with E-state index in [2.05, 4.69) is 0 Å². The van der Waals surface area contributed by atoms with E-state index < -0.39 is 14.4 Å². The Balaban J connectivity index is 2.41. The van der Waals surface area contributed by atoms with E-state index in [4.69, 9.17) is 4.74 Å². The summed E-state index contributed by atoms with van der Waals surface area (Å²) in [7, 11) is 1.07. The Bertz CT molecular complexity index is 723. The van der Waals surface area contributed by atoms with Gasteiger partial charge in [-0.2, -0.15) is 0 Å². The predicted octanol–water partition coefficient (Wildman–Crippen LogP) is 4.88. The molecule has 124 valence electrons. The van der Waals surface area contributed by atoms with Crippen LogP contribution in [0.1, 0.15) is 22.6 Å². The predicted molar refractivity (Wildman–Crippen MR) is 99.8 cm³/mol. The van der Waals surface area contributed by atoms with Crippen molar-refractivity contribution in [3.8, 4) is 5.75 Å². The molecule has 1 atom stereocenters. The Labute approximate surface area is 146 Å². The highest BCUT2D eigenvalue weighted by molar-refractivity contribution is 8.78. The van der Waals surface area contributed by atoms with Crippen LogP contribution < -0.4 is 4.74 Å². The molecular formula is C17H20O3S3. The fourth-order valence-electron chi connectivity index (χ4n) is 2.03. The summed E-state index contributed by atoms with van der Waals surface area (Å²) in [5, 5.41) is 0. The third kappa shape index (κ3) is 4.46. The van der Waals surface area contributed by atoms with Crippen LogP contribution in [0.4, 0.5) is 0 Å². The monoisotopic (exact) mass is 368 g/mol. The van der Waals surface area contributed by atoms with Gasteiger partial charge in [-0.15, -0.1) is 0 Å². The summed E-state index contributed by atoms with van der Waals surface area (Å²) in [5.74, 6) is 1.56. The first-order chi connectivity index (χ1) is 11.0. The van der Waals surface area contributed by atoms with Crippen molar-refractivity contribution in [2.24, 2.45) is 0 Å². The molecule has 0 aliphatic heterocycles. The number of aryl methyl sites for hydroxylation is 1. The summed E-state index contributed by atoms with van der Waals surface area (Å²) < 4.78 is 30.6.